The van der Waals surface area contributed by atoms with E-state index in [1.54, 1.807) is 19.2 Å². The van der Waals surface area contributed by atoms with E-state index in [0.29, 0.717) is 34.1 Å². The lowest BCUT2D eigenvalue weighted by atomic mass is 10.0. The number of hydrogen-bond acceptors (Lipinski definition) is 5. The van der Waals surface area contributed by atoms with E-state index in [1.165, 1.54) is 13.5 Å². The second-order valence-electron chi connectivity index (χ2n) is 8.75. The number of para-hydroxylation sites is 1. The third-order valence-corrected chi connectivity index (χ3v) is 6.23. The Kier molecular flexibility index (Phi) is 8.81. The Labute approximate surface area is 217 Å². The van der Waals surface area contributed by atoms with Crippen LogP contribution in [0.2, 0.25) is 0 Å². The maximum atomic E-state index is 13.2. The monoisotopic (exact) mass is 500 g/mol. The van der Waals surface area contributed by atoms with Gasteiger partial charge < -0.3 is 24.4 Å². The smallest absolute Gasteiger partial charge is 0.260 e. The number of hydrogen-bond donors (Lipinski definition) is 1. The molecule has 0 aliphatic carbocycles. The van der Waals surface area contributed by atoms with Crippen LogP contribution in [0.3, 0.4) is 0 Å². The van der Waals surface area contributed by atoms with Crippen LogP contribution in [-0.2, 0) is 4.79 Å². The highest BCUT2D eigenvalue weighted by atomic mass is 16.5. The molecule has 7 nitrogen and oxygen atoms in total. The average molecular weight is 501 g/mol. The predicted octanol–water partition coefficient (Wildman–Crippen LogP) is 5.52. The molecule has 37 heavy (non-hydrogen) atoms. The van der Waals surface area contributed by atoms with Gasteiger partial charge in [-0.25, -0.2) is 0 Å². The van der Waals surface area contributed by atoms with Gasteiger partial charge in [-0.1, -0.05) is 42.5 Å². The van der Waals surface area contributed by atoms with Crippen LogP contribution in [0.25, 0.3) is 12.2 Å². The van der Waals surface area contributed by atoms with Crippen molar-refractivity contribution in [2.75, 3.05) is 39.2 Å². The fourth-order valence-electron chi connectivity index (χ4n) is 4.22. The second kappa shape index (κ2) is 12.6. The van der Waals surface area contributed by atoms with Crippen molar-refractivity contribution >= 4 is 29.7 Å². The van der Waals surface area contributed by atoms with Crippen LogP contribution in [0, 0.1) is 0 Å². The summed E-state index contributed by atoms with van der Waals surface area (Å²) < 4.78 is 16.6. The number of benzene rings is 3. The largest absolute Gasteiger partial charge is 0.497 e. The molecule has 0 atom stereocenters. The SMILES string of the molecule is COc1cc(C=Cc2ccc(OCC(=O)N3CCCCC3)cc2)c(C(=O)Nc2ccccc2)c(OC)c1. The molecule has 2 amide bonds. The van der Waals surface area contributed by atoms with E-state index in [2.05, 4.69) is 5.32 Å². The molecule has 1 heterocycles. The minimum absolute atomic E-state index is 0.0250. The van der Waals surface area contributed by atoms with E-state index in [-0.39, 0.29) is 18.4 Å². The number of nitrogens with one attached hydrogen (secondary N) is 1. The van der Waals surface area contributed by atoms with Crippen molar-refractivity contribution in [2.24, 2.45) is 0 Å². The lowest BCUT2D eigenvalue weighted by Crippen LogP contribution is -2.38. The zero-order valence-corrected chi connectivity index (χ0v) is 21.2. The topological polar surface area (TPSA) is 77.1 Å². The molecule has 1 saturated heterocycles. The first-order chi connectivity index (χ1) is 18.1. The number of anilines is 1. The molecule has 3 aromatic rings. The minimum atomic E-state index is -0.285. The van der Waals surface area contributed by atoms with Gasteiger partial charge in [-0.3, -0.25) is 9.59 Å². The van der Waals surface area contributed by atoms with Gasteiger partial charge in [0.05, 0.1) is 19.8 Å². The van der Waals surface area contributed by atoms with Crippen LogP contribution in [0.1, 0.15) is 40.7 Å². The molecule has 4 rings (SSSR count). The number of amides is 2. The molecule has 192 valence electrons. The van der Waals surface area contributed by atoms with Crippen molar-refractivity contribution in [3.63, 3.8) is 0 Å². The molecule has 1 fully saturated rings. The molecule has 0 bridgehead atoms. The summed E-state index contributed by atoms with van der Waals surface area (Å²) in [6.07, 6.45) is 7.04. The van der Waals surface area contributed by atoms with Crippen LogP contribution in [0.5, 0.6) is 17.2 Å². The Balaban J connectivity index is 1.48. The third kappa shape index (κ3) is 6.91. The highest BCUT2D eigenvalue weighted by Gasteiger charge is 2.19. The Morgan fingerprint density at radius 3 is 2.27 bits per heavy atom. The number of piperidine rings is 1. The van der Waals surface area contributed by atoms with E-state index in [9.17, 15) is 9.59 Å². The highest BCUT2D eigenvalue weighted by molar-refractivity contribution is 6.09. The number of likely N-dealkylation sites (tertiary alicyclic amines) is 1. The van der Waals surface area contributed by atoms with Crippen LogP contribution in [-0.4, -0.2) is 50.6 Å². The first-order valence-electron chi connectivity index (χ1n) is 12.4. The first-order valence-corrected chi connectivity index (χ1v) is 12.4. The van der Waals surface area contributed by atoms with Crippen LogP contribution in [0.15, 0.2) is 66.7 Å². The van der Waals surface area contributed by atoms with Crippen LogP contribution >= 0.6 is 0 Å². The lowest BCUT2D eigenvalue weighted by molar-refractivity contribution is -0.134. The minimum Gasteiger partial charge on any atom is -0.497 e. The zero-order chi connectivity index (χ0) is 26.0. The first kappa shape index (κ1) is 25.8. The summed E-state index contributed by atoms with van der Waals surface area (Å²) in [5.41, 5.74) is 2.65. The van der Waals surface area contributed by atoms with Crippen molar-refractivity contribution in [3.05, 3.63) is 83.4 Å². The summed E-state index contributed by atoms with van der Waals surface area (Å²) >= 11 is 0. The van der Waals surface area contributed by atoms with E-state index in [1.807, 2.05) is 71.6 Å². The number of nitrogens with zero attached hydrogens (tertiary/aromatic N) is 1. The summed E-state index contributed by atoms with van der Waals surface area (Å²) in [6, 6.07) is 20.2. The Morgan fingerprint density at radius 2 is 1.59 bits per heavy atom. The van der Waals surface area contributed by atoms with Gasteiger partial charge in [0.1, 0.15) is 17.2 Å². The van der Waals surface area contributed by atoms with Crippen LogP contribution in [0.4, 0.5) is 5.69 Å². The maximum absolute atomic E-state index is 13.2. The standard InChI is InChI=1S/C30H32N2O5/c1-35-26-19-23(29(27(20-26)36-2)30(34)31-24-9-5-3-6-10-24)14-11-22-12-15-25(16-13-22)37-21-28(33)32-17-7-4-8-18-32/h3,5-6,9-16,19-20H,4,7-8,17-18,21H2,1-2H3,(H,31,34). The molecule has 1 aliphatic rings. The van der Waals surface area contributed by atoms with Crippen molar-refractivity contribution in [3.8, 4) is 17.2 Å². The fourth-order valence-corrected chi connectivity index (χ4v) is 4.22. The van der Waals surface area contributed by atoms with Gasteiger partial charge in [-0.15, -0.1) is 0 Å². The quantitative estimate of drug-likeness (QED) is 0.392. The van der Waals surface area contributed by atoms with Gasteiger partial charge >= 0.3 is 0 Å². The van der Waals surface area contributed by atoms with Gasteiger partial charge in [0, 0.05) is 24.8 Å². The molecule has 1 aliphatic heterocycles. The zero-order valence-electron chi connectivity index (χ0n) is 21.2. The van der Waals surface area contributed by atoms with Crippen molar-refractivity contribution in [2.45, 2.75) is 19.3 Å². The maximum Gasteiger partial charge on any atom is 0.260 e. The van der Waals surface area contributed by atoms with Gasteiger partial charge in [0.25, 0.3) is 11.8 Å². The molecule has 0 radical (unpaired) electrons. The lowest BCUT2D eigenvalue weighted by Gasteiger charge is -2.26. The fraction of sp³-hybridized carbons (Fsp3) is 0.267. The number of ether oxygens (including phenoxy) is 3. The molecular formula is C30H32N2O5. The van der Waals surface area contributed by atoms with Crippen molar-refractivity contribution in [1.82, 2.24) is 4.90 Å². The molecule has 0 saturated carbocycles. The Morgan fingerprint density at radius 1 is 0.865 bits per heavy atom. The van der Waals surface area contributed by atoms with Crippen molar-refractivity contribution in [1.29, 1.82) is 0 Å². The van der Waals surface area contributed by atoms with Crippen molar-refractivity contribution < 1.29 is 23.8 Å². The summed E-state index contributed by atoms with van der Waals surface area (Å²) in [5.74, 6) is 1.36. The van der Waals surface area contributed by atoms with E-state index in [0.717, 1.165) is 31.5 Å². The average Bonchev–Trinajstić information content (AvgIpc) is 2.95. The molecular weight excluding hydrogens is 468 g/mol. The number of methoxy groups -OCH3 is 2. The molecule has 1 N–H and O–H groups in total. The predicted molar refractivity (Wildman–Crippen MR) is 145 cm³/mol. The normalized spacial score (nSPS) is 13.3. The molecule has 0 unspecified atom stereocenters. The summed E-state index contributed by atoms with van der Waals surface area (Å²) in [4.78, 5) is 27.4. The highest BCUT2D eigenvalue weighted by Crippen LogP contribution is 2.31. The second-order valence-corrected chi connectivity index (χ2v) is 8.75. The van der Waals surface area contributed by atoms with Gasteiger partial charge in [0.15, 0.2) is 6.61 Å². The Hall–Kier alpha value is -4.26. The van der Waals surface area contributed by atoms with E-state index in [4.69, 9.17) is 14.2 Å². The molecule has 0 spiro atoms. The van der Waals surface area contributed by atoms with Gasteiger partial charge in [0.2, 0.25) is 0 Å². The van der Waals surface area contributed by atoms with E-state index < -0.39 is 0 Å². The van der Waals surface area contributed by atoms with Crippen LogP contribution < -0.4 is 19.5 Å². The third-order valence-electron chi connectivity index (χ3n) is 6.23. The summed E-state index contributed by atoms with van der Waals surface area (Å²) in [7, 11) is 3.09. The van der Waals surface area contributed by atoms with Gasteiger partial charge in [-0.05, 0) is 60.7 Å². The summed E-state index contributed by atoms with van der Waals surface area (Å²) in [5, 5.41) is 2.92. The Bertz CT molecular complexity index is 1230. The number of rotatable bonds is 9. The molecule has 7 heteroatoms. The molecule has 3 aromatic carbocycles. The van der Waals surface area contributed by atoms with Gasteiger partial charge in [-0.2, -0.15) is 0 Å². The summed E-state index contributed by atoms with van der Waals surface area (Å²) in [6.45, 7) is 1.66. The van der Waals surface area contributed by atoms with E-state index >= 15 is 0 Å². The number of carbonyl (C=O) groups excluding carboxylic acids is 2. The number of carbonyl (C=O) groups is 2. The molecule has 0 aromatic heterocycles.